The van der Waals surface area contributed by atoms with Gasteiger partial charge in [0.15, 0.2) is 5.13 Å². The molecule has 0 spiro atoms. The third-order valence-corrected chi connectivity index (χ3v) is 5.68. The Balaban J connectivity index is 2.14. The molecule has 0 bridgehead atoms. The number of hydrogen-bond donors (Lipinski definition) is 2. The SMILES string of the molecule is CCNC(=O)Nc1nc2cc(OS(=O)(=O)C(F)(F)F)cc(-c3ccc(C#N)cn3)c2s1. The Labute approximate surface area is 177 Å². The van der Waals surface area contributed by atoms with Crippen LogP contribution in [0.1, 0.15) is 12.5 Å². The second-order valence-electron chi connectivity index (χ2n) is 5.85. The lowest BCUT2D eigenvalue weighted by Crippen LogP contribution is -2.28. The van der Waals surface area contributed by atoms with E-state index in [2.05, 4.69) is 24.8 Å². The molecule has 14 heteroatoms. The first kappa shape index (κ1) is 22.2. The Morgan fingerprint density at radius 2 is 2.06 bits per heavy atom. The Morgan fingerprint density at radius 1 is 1.32 bits per heavy atom. The van der Waals surface area contributed by atoms with Crippen LogP contribution in [0.5, 0.6) is 5.75 Å². The van der Waals surface area contributed by atoms with Crippen molar-refractivity contribution in [2.75, 3.05) is 11.9 Å². The highest BCUT2D eigenvalue weighted by atomic mass is 32.2. The van der Waals surface area contributed by atoms with Gasteiger partial charge in [-0.05, 0) is 25.1 Å². The number of carbonyl (C=O) groups is 1. The molecule has 0 unspecified atom stereocenters. The van der Waals surface area contributed by atoms with Gasteiger partial charge in [-0.15, -0.1) is 0 Å². The fraction of sp³-hybridized carbons (Fsp3) is 0.176. The van der Waals surface area contributed by atoms with Gasteiger partial charge in [0.2, 0.25) is 0 Å². The van der Waals surface area contributed by atoms with E-state index >= 15 is 0 Å². The number of halogens is 3. The quantitative estimate of drug-likeness (QED) is 0.429. The predicted octanol–water partition coefficient (Wildman–Crippen LogP) is 3.60. The Bertz CT molecular complexity index is 1280. The number of amides is 2. The monoisotopic (exact) mass is 471 g/mol. The van der Waals surface area contributed by atoms with E-state index in [0.717, 1.165) is 23.5 Å². The van der Waals surface area contributed by atoms with Crippen molar-refractivity contribution >= 4 is 42.8 Å². The molecule has 2 aromatic heterocycles. The number of carbonyl (C=O) groups excluding carboxylic acids is 1. The van der Waals surface area contributed by atoms with E-state index in [0.29, 0.717) is 11.2 Å². The van der Waals surface area contributed by atoms with Crippen molar-refractivity contribution in [2.24, 2.45) is 0 Å². The summed E-state index contributed by atoms with van der Waals surface area (Å²) >= 11 is 1.000. The van der Waals surface area contributed by atoms with E-state index in [1.807, 2.05) is 6.07 Å². The summed E-state index contributed by atoms with van der Waals surface area (Å²) in [6.45, 7) is 2.06. The van der Waals surface area contributed by atoms with Crippen molar-refractivity contribution in [2.45, 2.75) is 12.4 Å². The number of pyridine rings is 1. The van der Waals surface area contributed by atoms with Crippen LogP contribution in [-0.2, 0) is 10.1 Å². The highest BCUT2D eigenvalue weighted by Gasteiger charge is 2.48. The zero-order valence-corrected chi connectivity index (χ0v) is 17.2. The summed E-state index contributed by atoms with van der Waals surface area (Å²) in [7, 11) is -5.92. The van der Waals surface area contributed by atoms with Gasteiger partial charge < -0.3 is 9.50 Å². The van der Waals surface area contributed by atoms with Gasteiger partial charge in [-0.2, -0.15) is 26.9 Å². The van der Waals surface area contributed by atoms with Crippen LogP contribution >= 0.6 is 11.3 Å². The standard InChI is InChI=1S/C17H12F3N5O4S2/c1-2-22-15(26)25-16-24-13-6-10(29-31(27,28)17(18,19)20)5-11(14(13)30-16)12-4-3-9(7-21)8-23-12/h3-6,8H,2H2,1H3,(H2,22,24,25,26). The minimum Gasteiger partial charge on any atom is -0.376 e. The molecule has 0 fully saturated rings. The van der Waals surface area contributed by atoms with E-state index in [1.165, 1.54) is 18.3 Å². The molecule has 2 N–H and O–H groups in total. The van der Waals surface area contributed by atoms with Crippen molar-refractivity contribution in [1.29, 1.82) is 5.26 Å². The number of benzene rings is 1. The summed E-state index contributed by atoms with van der Waals surface area (Å²) in [5, 5.41) is 14.0. The van der Waals surface area contributed by atoms with Gasteiger partial charge in [0.1, 0.15) is 11.8 Å². The van der Waals surface area contributed by atoms with Gasteiger partial charge in [-0.3, -0.25) is 10.3 Å². The number of hydrogen-bond acceptors (Lipinski definition) is 8. The summed E-state index contributed by atoms with van der Waals surface area (Å²) in [5.74, 6) is -0.638. The van der Waals surface area contributed by atoms with Crippen molar-refractivity contribution < 1.29 is 30.6 Å². The van der Waals surface area contributed by atoms with Crippen LogP contribution in [0, 0.1) is 11.3 Å². The molecule has 0 atom stereocenters. The Morgan fingerprint density at radius 3 is 2.65 bits per heavy atom. The molecule has 2 amide bonds. The van der Waals surface area contributed by atoms with Gasteiger partial charge in [0, 0.05) is 24.4 Å². The molecular weight excluding hydrogens is 459 g/mol. The van der Waals surface area contributed by atoms with Crippen LogP contribution in [-0.4, -0.2) is 36.5 Å². The predicted molar refractivity (Wildman–Crippen MR) is 106 cm³/mol. The number of thiazole rings is 1. The second-order valence-corrected chi connectivity index (χ2v) is 8.39. The van der Waals surface area contributed by atoms with Crippen molar-refractivity contribution in [3.05, 3.63) is 36.0 Å². The first-order valence-corrected chi connectivity index (χ1v) is 10.6. The molecule has 3 rings (SSSR count). The molecule has 0 radical (unpaired) electrons. The minimum atomic E-state index is -5.92. The van der Waals surface area contributed by atoms with Crippen LogP contribution in [0.25, 0.3) is 21.5 Å². The van der Waals surface area contributed by atoms with Gasteiger partial charge >= 0.3 is 21.7 Å². The summed E-state index contributed by atoms with van der Waals surface area (Å²) in [6, 6.07) is 6.28. The van der Waals surface area contributed by atoms with Crippen LogP contribution in [0.15, 0.2) is 30.5 Å². The molecule has 0 aliphatic carbocycles. The normalized spacial score (nSPS) is 11.7. The average Bonchev–Trinajstić information content (AvgIpc) is 3.08. The molecule has 3 aromatic rings. The molecule has 31 heavy (non-hydrogen) atoms. The van der Waals surface area contributed by atoms with Crippen LogP contribution in [0.4, 0.5) is 23.1 Å². The van der Waals surface area contributed by atoms with Crippen molar-refractivity contribution in [3.63, 3.8) is 0 Å². The van der Waals surface area contributed by atoms with E-state index in [4.69, 9.17) is 5.26 Å². The summed E-state index contributed by atoms with van der Waals surface area (Å²) in [6.07, 6.45) is 1.25. The number of fused-ring (bicyclic) bond motifs is 1. The van der Waals surface area contributed by atoms with Crippen molar-refractivity contribution in [3.8, 4) is 23.1 Å². The number of nitrogens with zero attached hydrogens (tertiary/aromatic N) is 3. The number of nitriles is 1. The topological polar surface area (TPSA) is 134 Å². The summed E-state index contributed by atoms with van der Waals surface area (Å²) in [5.41, 5.74) is -4.87. The first-order valence-electron chi connectivity index (χ1n) is 8.40. The lowest BCUT2D eigenvalue weighted by Gasteiger charge is -2.11. The fourth-order valence-corrected chi connectivity index (χ4v) is 3.80. The van der Waals surface area contributed by atoms with E-state index in [1.54, 1.807) is 6.92 Å². The van der Waals surface area contributed by atoms with Gasteiger partial charge in [-0.25, -0.2) is 9.78 Å². The maximum atomic E-state index is 12.7. The minimum absolute atomic E-state index is 0.0767. The molecular formula is C17H12F3N5O4S2. The molecule has 0 aliphatic heterocycles. The lowest BCUT2D eigenvalue weighted by atomic mass is 10.1. The van der Waals surface area contributed by atoms with E-state index in [9.17, 15) is 26.4 Å². The molecule has 9 nitrogen and oxygen atoms in total. The lowest BCUT2D eigenvalue weighted by molar-refractivity contribution is -0.0500. The molecule has 1 aromatic carbocycles. The third-order valence-electron chi connectivity index (χ3n) is 3.68. The molecule has 162 valence electrons. The average molecular weight is 471 g/mol. The van der Waals surface area contributed by atoms with Gasteiger partial charge in [0.05, 0.1) is 21.5 Å². The maximum Gasteiger partial charge on any atom is 0.534 e. The molecule has 0 aliphatic rings. The highest BCUT2D eigenvalue weighted by molar-refractivity contribution is 7.88. The van der Waals surface area contributed by atoms with Crippen LogP contribution in [0.3, 0.4) is 0 Å². The first-order chi connectivity index (χ1) is 14.5. The zero-order valence-electron chi connectivity index (χ0n) is 15.5. The Kier molecular flexibility index (Phi) is 6.00. The zero-order chi connectivity index (χ0) is 22.8. The fourth-order valence-electron chi connectivity index (χ4n) is 2.39. The molecule has 0 saturated heterocycles. The van der Waals surface area contributed by atoms with Crippen LogP contribution in [0.2, 0.25) is 0 Å². The van der Waals surface area contributed by atoms with E-state index < -0.39 is 27.4 Å². The third kappa shape index (κ3) is 4.84. The second kappa shape index (κ2) is 8.36. The smallest absolute Gasteiger partial charge is 0.376 e. The van der Waals surface area contributed by atoms with Gasteiger partial charge in [0.25, 0.3) is 0 Å². The summed E-state index contributed by atoms with van der Waals surface area (Å²) < 4.78 is 65.7. The van der Waals surface area contributed by atoms with Crippen molar-refractivity contribution in [1.82, 2.24) is 15.3 Å². The van der Waals surface area contributed by atoms with Gasteiger partial charge in [-0.1, -0.05) is 11.3 Å². The highest BCUT2D eigenvalue weighted by Crippen LogP contribution is 2.39. The van der Waals surface area contributed by atoms with Crippen LogP contribution < -0.4 is 14.8 Å². The number of aromatic nitrogens is 2. The number of rotatable bonds is 5. The molecule has 0 saturated carbocycles. The number of urea groups is 1. The number of anilines is 1. The number of nitrogens with one attached hydrogen (secondary N) is 2. The molecule has 2 heterocycles. The Hall–Kier alpha value is -3.44. The summed E-state index contributed by atoms with van der Waals surface area (Å²) in [4.78, 5) is 20.0. The van der Waals surface area contributed by atoms with E-state index in [-0.39, 0.29) is 27.5 Å². The number of alkyl halides is 3. The largest absolute Gasteiger partial charge is 0.534 e. The maximum absolute atomic E-state index is 12.7.